The van der Waals surface area contributed by atoms with Gasteiger partial charge in [-0.2, -0.15) is 10.5 Å². The van der Waals surface area contributed by atoms with E-state index in [-0.39, 0.29) is 5.92 Å². The topological polar surface area (TPSA) is 89.2 Å². The summed E-state index contributed by atoms with van der Waals surface area (Å²) >= 11 is 3.38. The lowest BCUT2D eigenvalue weighted by Gasteiger charge is -2.32. The molecule has 7 heteroatoms. The van der Waals surface area contributed by atoms with Gasteiger partial charge < -0.3 is 10.6 Å². The Bertz CT molecular complexity index is 872. The summed E-state index contributed by atoms with van der Waals surface area (Å²) in [4.78, 5) is 7.11. The highest BCUT2D eigenvalue weighted by Crippen LogP contribution is 2.85. The van der Waals surface area contributed by atoms with Crippen molar-refractivity contribution in [2.45, 2.75) is 50.7 Å². The average Bonchev–Trinajstić information content (AvgIpc) is 3.35. The zero-order valence-electron chi connectivity index (χ0n) is 18.3. The van der Waals surface area contributed by atoms with Crippen LogP contribution in [-0.4, -0.2) is 34.6 Å². The third-order valence-electron chi connectivity index (χ3n) is 6.29. The van der Waals surface area contributed by atoms with Crippen LogP contribution in [0.15, 0.2) is 29.3 Å². The number of fused-ring (bicyclic) bond motifs is 1. The van der Waals surface area contributed by atoms with Crippen molar-refractivity contribution in [3.05, 3.63) is 29.8 Å². The largest absolute Gasteiger partial charge is 0.386 e. The van der Waals surface area contributed by atoms with Gasteiger partial charge in [0, 0.05) is 24.7 Å². The number of hydrogen-bond acceptors (Lipinski definition) is 7. The molecule has 1 fully saturated rings. The minimum Gasteiger partial charge on any atom is -0.386 e. The highest BCUT2D eigenvalue weighted by atomic mass is 32.2. The quantitative estimate of drug-likeness (QED) is 0.516. The van der Waals surface area contributed by atoms with Gasteiger partial charge in [0.2, 0.25) is 0 Å². The van der Waals surface area contributed by atoms with Crippen molar-refractivity contribution in [1.82, 2.24) is 0 Å². The van der Waals surface area contributed by atoms with Crippen molar-refractivity contribution in [3.63, 3.8) is 0 Å². The van der Waals surface area contributed by atoms with Crippen LogP contribution < -0.4 is 10.6 Å². The zero-order chi connectivity index (χ0) is 22.0. The molecule has 1 aliphatic heterocycles. The Morgan fingerprint density at radius 2 is 1.57 bits per heavy atom. The summed E-state index contributed by atoms with van der Waals surface area (Å²) in [5, 5.41) is 20.8. The number of nitrogens with zero attached hydrogens (tertiary/aromatic N) is 4. The van der Waals surface area contributed by atoms with Gasteiger partial charge in [-0.1, -0.05) is 26.0 Å². The molecule has 0 saturated heterocycles. The van der Waals surface area contributed by atoms with Gasteiger partial charge in [0.1, 0.15) is 16.7 Å². The first-order valence-corrected chi connectivity index (χ1v) is 12.8. The fourth-order valence-electron chi connectivity index (χ4n) is 4.81. The van der Waals surface area contributed by atoms with Gasteiger partial charge in [0.25, 0.3) is 0 Å². The molecule has 30 heavy (non-hydrogen) atoms. The van der Waals surface area contributed by atoms with Gasteiger partial charge in [-0.15, -0.1) is 23.5 Å². The lowest BCUT2D eigenvalue weighted by atomic mass is 9.97. The van der Waals surface area contributed by atoms with Crippen LogP contribution in [0.25, 0.3) is 0 Å². The number of hydrogen-bond donors (Lipinski definition) is 1. The average molecular weight is 442 g/mol. The Labute approximate surface area is 189 Å². The van der Waals surface area contributed by atoms with Crippen molar-refractivity contribution < 1.29 is 0 Å². The Morgan fingerprint density at radius 1 is 1.00 bits per heavy atom. The Balaban J connectivity index is 2.08. The summed E-state index contributed by atoms with van der Waals surface area (Å²) in [6, 6.07) is 13.4. The first-order chi connectivity index (χ1) is 14.5. The van der Waals surface area contributed by atoms with Crippen LogP contribution in [0.4, 0.5) is 5.69 Å². The van der Waals surface area contributed by atoms with Crippen LogP contribution in [0.3, 0.4) is 0 Å². The number of rotatable bonds is 10. The van der Waals surface area contributed by atoms with Crippen LogP contribution in [-0.2, 0) is 0 Å². The van der Waals surface area contributed by atoms with Gasteiger partial charge in [0.15, 0.2) is 4.20 Å². The van der Waals surface area contributed by atoms with Crippen molar-refractivity contribution in [3.8, 4) is 12.1 Å². The number of aliphatic imine (C=N–C) groups is 1. The van der Waals surface area contributed by atoms with E-state index < -0.39 is 15.0 Å². The first kappa shape index (κ1) is 22.8. The number of thioether (sulfide) groups is 2. The van der Waals surface area contributed by atoms with Gasteiger partial charge >= 0.3 is 0 Å². The van der Waals surface area contributed by atoms with Crippen molar-refractivity contribution >= 4 is 35.0 Å². The predicted molar refractivity (Wildman–Crippen MR) is 129 cm³/mol. The van der Waals surface area contributed by atoms with Crippen LogP contribution in [0.5, 0.6) is 0 Å². The summed E-state index contributed by atoms with van der Waals surface area (Å²) in [6.07, 6.45) is 1.97. The lowest BCUT2D eigenvalue weighted by molar-refractivity contribution is 0.563. The third kappa shape index (κ3) is 2.93. The lowest BCUT2D eigenvalue weighted by Crippen LogP contribution is -2.32. The molecule has 1 aromatic carbocycles. The monoisotopic (exact) mass is 441 g/mol. The van der Waals surface area contributed by atoms with Gasteiger partial charge in [-0.3, -0.25) is 0 Å². The normalized spacial score (nSPS) is 28.2. The molecule has 3 rings (SSSR count). The van der Waals surface area contributed by atoms with Crippen LogP contribution in [0.1, 0.15) is 52.0 Å². The minimum absolute atomic E-state index is 0.253. The van der Waals surface area contributed by atoms with E-state index in [1.54, 1.807) is 23.5 Å². The molecule has 160 valence electrons. The van der Waals surface area contributed by atoms with Crippen LogP contribution in [0.2, 0.25) is 0 Å². The minimum atomic E-state index is -1.04. The maximum Gasteiger partial charge on any atom is 0.175 e. The molecule has 0 aromatic heterocycles. The zero-order valence-corrected chi connectivity index (χ0v) is 19.9. The molecule has 3 unspecified atom stereocenters. The fourth-order valence-corrected chi connectivity index (χ4v) is 8.03. The molecule has 1 saturated carbocycles. The van der Waals surface area contributed by atoms with Gasteiger partial charge in [0.05, 0.1) is 12.1 Å². The number of benzene rings is 1. The molecule has 0 bridgehead atoms. The summed E-state index contributed by atoms with van der Waals surface area (Å²) in [5.41, 5.74) is 6.62. The smallest absolute Gasteiger partial charge is 0.175 e. The third-order valence-corrected chi connectivity index (χ3v) is 9.83. The number of nitriles is 2. The second-order valence-electron chi connectivity index (χ2n) is 7.81. The summed E-state index contributed by atoms with van der Waals surface area (Å²) < 4.78 is -0.726. The molecule has 0 spiro atoms. The molecule has 2 N–H and O–H groups in total. The SMILES string of the molecule is CCCSC1(SCCC)N=C(N)C2(C#N)C(c3ccc(N(CC)CC)cc3)C12C#N. The van der Waals surface area contributed by atoms with Crippen molar-refractivity contribution in [2.75, 3.05) is 29.5 Å². The molecule has 0 amide bonds. The molecule has 3 atom stereocenters. The fraction of sp³-hybridized carbons (Fsp3) is 0.609. The van der Waals surface area contributed by atoms with E-state index in [4.69, 9.17) is 10.7 Å². The van der Waals surface area contributed by atoms with E-state index in [1.165, 1.54) is 0 Å². The standard InChI is InChI=1S/C23H31N5S2/c1-5-13-29-23(30-14-6-2)22(16-25)19(21(22,15-24)20(26)27-23)17-9-11-18(12-10-17)28(7-3)8-4/h9-12,19H,5-8,13-14H2,1-4H3,(H2,26,27). The highest BCUT2D eigenvalue weighted by Gasteiger charge is 2.91. The molecule has 5 nitrogen and oxygen atoms in total. The van der Waals surface area contributed by atoms with E-state index >= 15 is 0 Å². The van der Waals surface area contributed by atoms with Gasteiger partial charge in [-0.05, 0) is 55.9 Å². The van der Waals surface area contributed by atoms with E-state index in [0.29, 0.717) is 5.84 Å². The maximum atomic E-state index is 10.5. The second-order valence-corrected chi connectivity index (χ2v) is 10.6. The first-order valence-electron chi connectivity index (χ1n) is 10.8. The molecule has 0 radical (unpaired) electrons. The van der Waals surface area contributed by atoms with E-state index in [9.17, 15) is 10.5 Å². The van der Waals surface area contributed by atoms with Gasteiger partial charge in [-0.25, -0.2) is 4.99 Å². The second kappa shape index (κ2) is 8.73. The van der Waals surface area contributed by atoms with E-state index in [0.717, 1.165) is 48.7 Å². The molecular weight excluding hydrogens is 410 g/mol. The number of amidine groups is 1. The molecule has 1 aliphatic carbocycles. The summed E-state index contributed by atoms with van der Waals surface area (Å²) in [7, 11) is 0. The summed E-state index contributed by atoms with van der Waals surface area (Å²) in [6.45, 7) is 10.4. The Morgan fingerprint density at radius 3 is 2.00 bits per heavy atom. The molecular formula is C23H31N5S2. The van der Waals surface area contributed by atoms with Crippen LogP contribution in [0, 0.1) is 33.5 Å². The molecule has 1 heterocycles. The molecule has 2 aliphatic rings. The Kier molecular flexibility index (Phi) is 6.65. The van der Waals surface area contributed by atoms with E-state index in [2.05, 4.69) is 69.0 Å². The molecule has 1 aromatic rings. The number of nitrogens with two attached hydrogens (primary N) is 1. The van der Waals surface area contributed by atoms with Crippen molar-refractivity contribution in [2.24, 2.45) is 21.6 Å². The van der Waals surface area contributed by atoms with E-state index in [1.807, 2.05) is 0 Å². The van der Waals surface area contributed by atoms with Crippen molar-refractivity contribution in [1.29, 1.82) is 10.5 Å². The predicted octanol–water partition coefficient (Wildman–Crippen LogP) is 4.96. The summed E-state index contributed by atoms with van der Waals surface area (Å²) in [5.74, 6) is 1.84. The maximum absolute atomic E-state index is 10.5. The highest BCUT2D eigenvalue weighted by molar-refractivity contribution is 8.18. The number of anilines is 1. The Hall–Kier alpha value is -1.83. The van der Waals surface area contributed by atoms with Crippen LogP contribution >= 0.6 is 23.5 Å².